The van der Waals surface area contributed by atoms with E-state index in [-0.39, 0.29) is 0 Å². The van der Waals surface area contributed by atoms with Crippen LogP contribution < -0.4 is 0 Å². The molecular weight excluding hydrogens is 158 g/mol. The summed E-state index contributed by atoms with van der Waals surface area (Å²) in [4.78, 5) is 3.98. The van der Waals surface area contributed by atoms with Crippen LogP contribution in [0.25, 0.3) is 0 Å². The van der Waals surface area contributed by atoms with Gasteiger partial charge in [-0.3, -0.25) is 5.10 Å². The Morgan fingerprint density at radius 1 is 1.73 bits per heavy atom. The van der Waals surface area contributed by atoms with Crippen molar-refractivity contribution in [2.75, 3.05) is 5.75 Å². The molecule has 0 amide bonds. The van der Waals surface area contributed by atoms with E-state index in [1.54, 1.807) is 18.1 Å². The standard InChI is InChI=1S/C7H11N3S/c1-2-3-4-5-11-7-8-6-9-10-7/h2,6H,1,3-5H2,(H,8,9,10). The summed E-state index contributed by atoms with van der Waals surface area (Å²) in [6.07, 6.45) is 5.73. The summed E-state index contributed by atoms with van der Waals surface area (Å²) >= 11 is 1.67. The van der Waals surface area contributed by atoms with E-state index in [2.05, 4.69) is 21.8 Å². The number of hydrogen-bond acceptors (Lipinski definition) is 3. The number of H-pyrrole nitrogens is 1. The normalized spacial score (nSPS) is 9.82. The monoisotopic (exact) mass is 169 g/mol. The molecule has 0 atom stereocenters. The number of allylic oxidation sites excluding steroid dienone is 1. The van der Waals surface area contributed by atoms with E-state index in [0.29, 0.717) is 0 Å². The maximum absolute atomic E-state index is 3.98. The lowest BCUT2D eigenvalue weighted by molar-refractivity contribution is 0.946. The molecule has 0 aromatic carbocycles. The Balaban J connectivity index is 2.09. The molecule has 0 aliphatic rings. The first-order chi connectivity index (χ1) is 5.43. The van der Waals surface area contributed by atoms with Crippen LogP contribution in [0.1, 0.15) is 12.8 Å². The van der Waals surface area contributed by atoms with Gasteiger partial charge in [-0.2, -0.15) is 0 Å². The van der Waals surface area contributed by atoms with Gasteiger partial charge in [-0.1, -0.05) is 17.8 Å². The predicted molar refractivity (Wildman–Crippen MR) is 46.5 cm³/mol. The smallest absolute Gasteiger partial charge is 0.208 e. The van der Waals surface area contributed by atoms with Gasteiger partial charge in [0.1, 0.15) is 6.33 Å². The Bertz CT molecular complexity index is 195. The van der Waals surface area contributed by atoms with E-state index in [1.165, 1.54) is 0 Å². The molecule has 0 fully saturated rings. The molecule has 3 nitrogen and oxygen atoms in total. The molecule has 1 heterocycles. The van der Waals surface area contributed by atoms with Crippen molar-refractivity contribution in [3.63, 3.8) is 0 Å². The van der Waals surface area contributed by atoms with E-state index >= 15 is 0 Å². The largest absolute Gasteiger partial charge is 0.265 e. The summed E-state index contributed by atoms with van der Waals surface area (Å²) in [5.41, 5.74) is 0. The van der Waals surface area contributed by atoms with Gasteiger partial charge in [0.2, 0.25) is 5.16 Å². The van der Waals surface area contributed by atoms with Crippen molar-refractivity contribution in [3.05, 3.63) is 19.0 Å². The highest BCUT2D eigenvalue weighted by molar-refractivity contribution is 7.99. The zero-order valence-electron chi connectivity index (χ0n) is 6.29. The summed E-state index contributed by atoms with van der Waals surface area (Å²) in [6.45, 7) is 3.65. The number of thioether (sulfide) groups is 1. The summed E-state index contributed by atoms with van der Waals surface area (Å²) in [7, 11) is 0. The fraction of sp³-hybridized carbons (Fsp3) is 0.429. The van der Waals surface area contributed by atoms with Crippen molar-refractivity contribution in [1.82, 2.24) is 15.2 Å². The lowest BCUT2D eigenvalue weighted by Gasteiger charge is -1.92. The molecule has 0 spiro atoms. The van der Waals surface area contributed by atoms with Gasteiger partial charge in [-0.25, -0.2) is 4.98 Å². The van der Waals surface area contributed by atoms with Crippen LogP contribution in [0.3, 0.4) is 0 Å². The maximum atomic E-state index is 3.98. The van der Waals surface area contributed by atoms with Crippen LogP contribution in [0.4, 0.5) is 0 Å². The second-order valence-electron chi connectivity index (χ2n) is 2.06. The SMILES string of the molecule is C=CCCCSc1nc[nH]n1. The first-order valence-corrected chi connectivity index (χ1v) is 4.51. The van der Waals surface area contributed by atoms with Crippen molar-refractivity contribution in [2.24, 2.45) is 0 Å². The summed E-state index contributed by atoms with van der Waals surface area (Å²) in [5, 5.41) is 7.41. The maximum Gasteiger partial charge on any atom is 0.208 e. The molecule has 1 N–H and O–H groups in total. The van der Waals surface area contributed by atoms with Gasteiger partial charge in [-0.05, 0) is 12.8 Å². The van der Waals surface area contributed by atoms with E-state index in [4.69, 9.17) is 0 Å². The third-order valence-electron chi connectivity index (χ3n) is 1.18. The topological polar surface area (TPSA) is 41.6 Å². The average molecular weight is 169 g/mol. The second kappa shape index (κ2) is 4.96. The summed E-state index contributed by atoms with van der Waals surface area (Å²) < 4.78 is 0. The third kappa shape index (κ3) is 3.23. The highest BCUT2D eigenvalue weighted by atomic mass is 32.2. The molecule has 1 rings (SSSR count). The zero-order chi connectivity index (χ0) is 7.94. The molecule has 0 saturated heterocycles. The van der Waals surface area contributed by atoms with Gasteiger partial charge in [0.15, 0.2) is 0 Å². The van der Waals surface area contributed by atoms with Crippen LogP contribution in [0.2, 0.25) is 0 Å². The lowest BCUT2D eigenvalue weighted by atomic mass is 10.3. The van der Waals surface area contributed by atoms with Crippen molar-refractivity contribution >= 4 is 11.8 Å². The minimum absolute atomic E-state index is 0.828. The van der Waals surface area contributed by atoms with Crippen LogP contribution in [-0.4, -0.2) is 20.9 Å². The van der Waals surface area contributed by atoms with Crippen LogP contribution in [0.5, 0.6) is 0 Å². The Morgan fingerprint density at radius 3 is 3.27 bits per heavy atom. The first-order valence-electron chi connectivity index (χ1n) is 3.53. The lowest BCUT2D eigenvalue weighted by Crippen LogP contribution is -1.80. The Labute approximate surface area is 70.3 Å². The van der Waals surface area contributed by atoms with Crippen molar-refractivity contribution < 1.29 is 0 Å². The van der Waals surface area contributed by atoms with Crippen molar-refractivity contribution in [1.29, 1.82) is 0 Å². The van der Waals surface area contributed by atoms with Crippen LogP contribution >= 0.6 is 11.8 Å². The molecule has 0 saturated carbocycles. The van der Waals surface area contributed by atoms with E-state index in [0.717, 1.165) is 23.8 Å². The third-order valence-corrected chi connectivity index (χ3v) is 2.12. The van der Waals surface area contributed by atoms with Crippen LogP contribution in [-0.2, 0) is 0 Å². The number of nitrogens with zero attached hydrogens (tertiary/aromatic N) is 2. The summed E-state index contributed by atoms with van der Waals surface area (Å²) in [5.74, 6) is 1.06. The van der Waals surface area contributed by atoms with E-state index in [9.17, 15) is 0 Å². The van der Waals surface area contributed by atoms with Gasteiger partial charge in [0, 0.05) is 5.75 Å². The Hall–Kier alpha value is -0.770. The molecule has 1 aromatic rings. The van der Waals surface area contributed by atoms with Crippen LogP contribution in [0.15, 0.2) is 24.1 Å². The molecule has 0 radical (unpaired) electrons. The summed E-state index contributed by atoms with van der Waals surface area (Å²) in [6, 6.07) is 0. The van der Waals surface area contributed by atoms with Gasteiger partial charge in [0.25, 0.3) is 0 Å². The first kappa shape index (κ1) is 8.33. The minimum Gasteiger partial charge on any atom is -0.265 e. The fourth-order valence-electron chi connectivity index (χ4n) is 0.658. The van der Waals surface area contributed by atoms with Gasteiger partial charge < -0.3 is 0 Å². The van der Waals surface area contributed by atoms with Crippen molar-refractivity contribution in [2.45, 2.75) is 18.0 Å². The zero-order valence-corrected chi connectivity index (χ0v) is 7.10. The van der Waals surface area contributed by atoms with Gasteiger partial charge >= 0.3 is 0 Å². The second-order valence-corrected chi connectivity index (χ2v) is 3.12. The number of aromatic nitrogens is 3. The quantitative estimate of drug-likeness (QED) is 0.415. The average Bonchev–Trinajstić information content (AvgIpc) is 2.50. The Kier molecular flexibility index (Phi) is 3.75. The van der Waals surface area contributed by atoms with Gasteiger partial charge in [-0.15, -0.1) is 11.7 Å². The molecule has 1 aromatic heterocycles. The number of nitrogens with one attached hydrogen (secondary N) is 1. The highest BCUT2D eigenvalue weighted by Crippen LogP contribution is 2.12. The molecular formula is C7H11N3S. The molecule has 11 heavy (non-hydrogen) atoms. The number of aromatic amines is 1. The number of rotatable bonds is 5. The van der Waals surface area contributed by atoms with Crippen LogP contribution in [0, 0.1) is 0 Å². The molecule has 60 valence electrons. The van der Waals surface area contributed by atoms with Gasteiger partial charge in [0.05, 0.1) is 0 Å². The van der Waals surface area contributed by atoms with Crippen molar-refractivity contribution in [3.8, 4) is 0 Å². The van der Waals surface area contributed by atoms with E-state index < -0.39 is 0 Å². The highest BCUT2D eigenvalue weighted by Gasteiger charge is 1.94. The fourth-order valence-corrected chi connectivity index (χ4v) is 1.40. The number of hydrogen-bond donors (Lipinski definition) is 1. The molecule has 0 aliphatic heterocycles. The Morgan fingerprint density at radius 2 is 2.64 bits per heavy atom. The predicted octanol–water partition coefficient (Wildman–Crippen LogP) is 1.86. The van der Waals surface area contributed by atoms with E-state index in [1.807, 2.05) is 6.08 Å². The molecule has 0 bridgehead atoms. The molecule has 4 heteroatoms. The number of unbranched alkanes of at least 4 members (excludes halogenated alkanes) is 1. The molecule has 0 aliphatic carbocycles. The molecule has 0 unspecified atom stereocenters. The minimum atomic E-state index is 0.828.